The molecule has 4 aromatic rings. The molecule has 7 nitrogen and oxygen atoms in total. The first-order valence-corrected chi connectivity index (χ1v) is 8.84. The summed E-state index contributed by atoms with van der Waals surface area (Å²) in [6.45, 7) is 0.664. The normalized spacial score (nSPS) is 12.3. The van der Waals surface area contributed by atoms with Crippen LogP contribution < -0.4 is 14.8 Å². The highest BCUT2D eigenvalue weighted by molar-refractivity contribution is 5.99. The van der Waals surface area contributed by atoms with Gasteiger partial charge in [0.15, 0.2) is 17.1 Å². The first-order chi connectivity index (χ1) is 13.8. The summed E-state index contributed by atoms with van der Waals surface area (Å²) in [6.07, 6.45) is 3.21. The van der Waals surface area contributed by atoms with Crippen molar-refractivity contribution in [2.45, 2.75) is 6.54 Å². The van der Waals surface area contributed by atoms with E-state index < -0.39 is 0 Å². The van der Waals surface area contributed by atoms with Crippen molar-refractivity contribution in [1.29, 1.82) is 0 Å². The number of nitrogens with zero attached hydrogens (tertiary/aromatic N) is 3. The summed E-state index contributed by atoms with van der Waals surface area (Å²) in [6, 6.07) is 17.3. The first-order valence-electron chi connectivity index (χ1n) is 8.84. The summed E-state index contributed by atoms with van der Waals surface area (Å²) < 4.78 is 12.5. The predicted octanol–water partition coefficient (Wildman–Crippen LogP) is 3.06. The highest BCUT2D eigenvalue weighted by atomic mass is 16.7. The Balaban J connectivity index is 1.46. The van der Waals surface area contributed by atoms with Gasteiger partial charge >= 0.3 is 0 Å². The minimum absolute atomic E-state index is 0.214. The fraction of sp³-hybridized carbons (Fsp3) is 0.0952. The van der Waals surface area contributed by atoms with Gasteiger partial charge in [-0.05, 0) is 29.8 Å². The van der Waals surface area contributed by atoms with Crippen LogP contribution in [0.5, 0.6) is 11.5 Å². The van der Waals surface area contributed by atoms with Crippen molar-refractivity contribution in [3.8, 4) is 22.8 Å². The van der Waals surface area contributed by atoms with Crippen LogP contribution in [-0.4, -0.2) is 27.3 Å². The zero-order valence-corrected chi connectivity index (χ0v) is 14.8. The average molecular weight is 372 g/mol. The third-order valence-electron chi connectivity index (χ3n) is 4.61. The molecule has 1 amide bonds. The number of aromatic nitrogens is 3. The van der Waals surface area contributed by atoms with E-state index in [0.717, 1.165) is 22.6 Å². The Morgan fingerprint density at radius 1 is 1.07 bits per heavy atom. The van der Waals surface area contributed by atoms with Gasteiger partial charge in [0, 0.05) is 18.3 Å². The van der Waals surface area contributed by atoms with Crippen LogP contribution in [0.1, 0.15) is 15.9 Å². The molecule has 1 aliphatic rings. The lowest BCUT2D eigenvalue weighted by molar-refractivity contribution is 0.0952. The van der Waals surface area contributed by atoms with Crippen molar-refractivity contribution >= 4 is 11.6 Å². The van der Waals surface area contributed by atoms with Crippen LogP contribution >= 0.6 is 0 Å². The summed E-state index contributed by atoms with van der Waals surface area (Å²) in [7, 11) is 0. The molecular formula is C21H16N4O3. The van der Waals surface area contributed by atoms with Gasteiger partial charge < -0.3 is 14.8 Å². The zero-order chi connectivity index (χ0) is 18.9. The summed E-state index contributed by atoms with van der Waals surface area (Å²) in [4.78, 5) is 17.0. The smallest absolute Gasteiger partial charge is 0.257 e. The maximum atomic E-state index is 12.7. The summed E-state index contributed by atoms with van der Waals surface area (Å²) in [5.41, 5.74) is 3.67. The van der Waals surface area contributed by atoms with Crippen molar-refractivity contribution in [2.75, 3.05) is 6.79 Å². The van der Waals surface area contributed by atoms with E-state index in [-0.39, 0.29) is 12.7 Å². The largest absolute Gasteiger partial charge is 0.454 e. The average Bonchev–Trinajstić information content (AvgIpc) is 3.39. The molecule has 138 valence electrons. The molecule has 0 spiro atoms. The van der Waals surface area contributed by atoms with Gasteiger partial charge in [0.25, 0.3) is 5.91 Å². The molecule has 7 heteroatoms. The standard InChI is InChI=1S/C21H16N4O3/c26-21(23-11-14-4-2-1-3-5-14)16-12-24-25-17(8-9-22-20(16)25)15-6-7-18-19(10-15)28-13-27-18/h1-10,12H,11,13H2,(H,23,26). The molecule has 1 N–H and O–H groups in total. The fourth-order valence-corrected chi connectivity index (χ4v) is 3.20. The van der Waals surface area contributed by atoms with E-state index in [9.17, 15) is 4.79 Å². The minimum atomic E-state index is -0.214. The van der Waals surface area contributed by atoms with Gasteiger partial charge in [0.05, 0.1) is 11.9 Å². The number of carbonyl (C=O) groups excluding carboxylic acids is 1. The molecular weight excluding hydrogens is 356 g/mol. The molecule has 0 bridgehead atoms. The number of nitrogens with one attached hydrogen (secondary N) is 1. The van der Waals surface area contributed by atoms with Crippen LogP contribution in [-0.2, 0) is 6.54 Å². The third-order valence-corrected chi connectivity index (χ3v) is 4.61. The Labute approximate surface area is 160 Å². The molecule has 5 rings (SSSR count). The summed E-state index contributed by atoms with van der Waals surface area (Å²) in [5, 5.41) is 7.30. The number of hydrogen-bond donors (Lipinski definition) is 1. The number of hydrogen-bond acceptors (Lipinski definition) is 5. The minimum Gasteiger partial charge on any atom is -0.454 e. The molecule has 0 saturated heterocycles. The number of carbonyl (C=O) groups is 1. The SMILES string of the molecule is O=C(NCc1ccccc1)c1cnn2c(-c3ccc4c(c3)OCO4)ccnc12. The lowest BCUT2D eigenvalue weighted by Gasteiger charge is -2.07. The number of fused-ring (bicyclic) bond motifs is 2. The predicted molar refractivity (Wildman–Crippen MR) is 102 cm³/mol. The molecule has 2 aromatic heterocycles. The van der Waals surface area contributed by atoms with Gasteiger partial charge in [-0.25, -0.2) is 9.50 Å². The van der Waals surface area contributed by atoms with Crippen LogP contribution in [0, 0.1) is 0 Å². The second kappa shape index (κ2) is 6.70. The molecule has 1 aliphatic heterocycles. The summed E-state index contributed by atoms with van der Waals surface area (Å²) >= 11 is 0. The summed E-state index contributed by atoms with van der Waals surface area (Å²) in [5.74, 6) is 1.19. The lowest BCUT2D eigenvalue weighted by Crippen LogP contribution is -2.22. The third kappa shape index (κ3) is 2.83. The number of amides is 1. The molecule has 0 saturated carbocycles. The number of ether oxygens (including phenoxy) is 2. The van der Waals surface area contributed by atoms with E-state index in [2.05, 4.69) is 15.4 Å². The Morgan fingerprint density at radius 3 is 2.82 bits per heavy atom. The molecule has 0 fully saturated rings. The van der Waals surface area contributed by atoms with E-state index in [1.165, 1.54) is 0 Å². The van der Waals surface area contributed by atoms with Gasteiger partial charge in [-0.3, -0.25) is 4.79 Å². The van der Waals surface area contributed by atoms with Crippen molar-refractivity contribution in [1.82, 2.24) is 19.9 Å². The zero-order valence-electron chi connectivity index (χ0n) is 14.8. The van der Waals surface area contributed by atoms with E-state index in [1.54, 1.807) is 16.9 Å². The Kier molecular flexibility index (Phi) is 3.90. The van der Waals surface area contributed by atoms with Gasteiger partial charge in [0.1, 0.15) is 5.56 Å². The van der Waals surface area contributed by atoms with Crippen LogP contribution in [0.4, 0.5) is 0 Å². The second-order valence-electron chi connectivity index (χ2n) is 6.36. The van der Waals surface area contributed by atoms with Gasteiger partial charge in [0.2, 0.25) is 6.79 Å². The quantitative estimate of drug-likeness (QED) is 0.596. The maximum absolute atomic E-state index is 12.7. The van der Waals surface area contributed by atoms with E-state index in [1.807, 2.05) is 54.6 Å². The van der Waals surface area contributed by atoms with Crippen molar-refractivity contribution in [3.63, 3.8) is 0 Å². The van der Waals surface area contributed by atoms with Crippen molar-refractivity contribution in [2.24, 2.45) is 0 Å². The van der Waals surface area contributed by atoms with E-state index in [4.69, 9.17) is 9.47 Å². The first kappa shape index (κ1) is 16.3. The Hall–Kier alpha value is -3.87. The second-order valence-corrected chi connectivity index (χ2v) is 6.36. The molecule has 28 heavy (non-hydrogen) atoms. The maximum Gasteiger partial charge on any atom is 0.257 e. The van der Waals surface area contributed by atoms with Crippen molar-refractivity contribution < 1.29 is 14.3 Å². The van der Waals surface area contributed by atoms with Crippen molar-refractivity contribution in [3.05, 3.63) is 78.1 Å². The Morgan fingerprint density at radius 2 is 1.93 bits per heavy atom. The van der Waals surface area contributed by atoms with E-state index in [0.29, 0.717) is 23.5 Å². The number of benzene rings is 2. The van der Waals surface area contributed by atoms with Gasteiger partial charge in [-0.2, -0.15) is 5.10 Å². The number of rotatable bonds is 4. The molecule has 0 atom stereocenters. The highest BCUT2D eigenvalue weighted by Gasteiger charge is 2.18. The molecule has 0 unspecified atom stereocenters. The molecule has 3 heterocycles. The van der Waals surface area contributed by atoms with Gasteiger partial charge in [-0.15, -0.1) is 0 Å². The van der Waals surface area contributed by atoms with Crippen LogP contribution in [0.15, 0.2) is 67.0 Å². The molecule has 0 aliphatic carbocycles. The highest BCUT2D eigenvalue weighted by Crippen LogP contribution is 2.35. The van der Waals surface area contributed by atoms with Crippen LogP contribution in [0.3, 0.4) is 0 Å². The molecule has 2 aromatic carbocycles. The van der Waals surface area contributed by atoms with E-state index >= 15 is 0 Å². The van der Waals surface area contributed by atoms with Crippen LogP contribution in [0.25, 0.3) is 16.9 Å². The van der Waals surface area contributed by atoms with Crippen LogP contribution in [0.2, 0.25) is 0 Å². The fourth-order valence-electron chi connectivity index (χ4n) is 3.20. The topological polar surface area (TPSA) is 77.8 Å². The van der Waals surface area contributed by atoms with Gasteiger partial charge in [-0.1, -0.05) is 30.3 Å². The Bertz CT molecular complexity index is 1170. The molecule has 0 radical (unpaired) electrons. The lowest BCUT2D eigenvalue weighted by atomic mass is 10.1. The monoisotopic (exact) mass is 372 g/mol.